The SMILES string of the molecule is CCc1c(C(=O)O)ncc2[nH]c3ccc(C#N)cc3c12. The maximum Gasteiger partial charge on any atom is 0.354 e. The number of fused-ring (bicyclic) bond motifs is 3. The van der Waals surface area contributed by atoms with Crippen molar-refractivity contribution in [3.8, 4) is 6.07 Å². The van der Waals surface area contributed by atoms with Gasteiger partial charge in [-0.2, -0.15) is 5.26 Å². The maximum absolute atomic E-state index is 11.3. The highest BCUT2D eigenvalue weighted by molar-refractivity contribution is 6.11. The fraction of sp³-hybridized carbons (Fsp3) is 0.133. The van der Waals surface area contributed by atoms with Gasteiger partial charge in [-0.3, -0.25) is 0 Å². The Morgan fingerprint density at radius 3 is 2.90 bits per heavy atom. The van der Waals surface area contributed by atoms with E-state index in [0.717, 1.165) is 21.8 Å². The topological polar surface area (TPSA) is 89.8 Å². The number of rotatable bonds is 2. The van der Waals surface area contributed by atoms with Gasteiger partial charge >= 0.3 is 5.97 Å². The monoisotopic (exact) mass is 265 g/mol. The van der Waals surface area contributed by atoms with Crippen LogP contribution in [0.5, 0.6) is 0 Å². The molecule has 2 aromatic heterocycles. The average Bonchev–Trinajstić information content (AvgIpc) is 2.83. The number of hydrogen-bond donors (Lipinski definition) is 2. The molecule has 2 heterocycles. The van der Waals surface area contributed by atoms with Gasteiger partial charge in [0.15, 0.2) is 5.69 Å². The molecule has 0 aliphatic heterocycles. The van der Waals surface area contributed by atoms with E-state index in [1.165, 1.54) is 6.20 Å². The van der Waals surface area contributed by atoms with Crippen molar-refractivity contribution in [3.05, 3.63) is 41.2 Å². The molecule has 0 fully saturated rings. The summed E-state index contributed by atoms with van der Waals surface area (Å²) >= 11 is 0. The van der Waals surface area contributed by atoms with Crippen LogP contribution in [0.2, 0.25) is 0 Å². The number of aryl methyl sites for hydroxylation is 1. The minimum absolute atomic E-state index is 0.0725. The largest absolute Gasteiger partial charge is 0.477 e. The summed E-state index contributed by atoms with van der Waals surface area (Å²) in [6.45, 7) is 1.90. The number of benzene rings is 1. The predicted molar refractivity (Wildman–Crippen MR) is 74.7 cm³/mol. The first-order valence-electron chi connectivity index (χ1n) is 6.22. The predicted octanol–water partition coefficient (Wildman–Crippen LogP) is 2.85. The molecule has 0 amide bonds. The van der Waals surface area contributed by atoms with Crippen LogP contribution in [-0.2, 0) is 6.42 Å². The van der Waals surface area contributed by atoms with Gasteiger partial charge in [-0.1, -0.05) is 6.92 Å². The van der Waals surface area contributed by atoms with E-state index in [1.807, 2.05) is 13.0 Å². The Morgan fingerprint density at radius 2 is 2.25 bits per heavy atom. The highest BCUT2D eigenvalue weighted by atomic mass is 16.4. The molecule has 0 atom stereocenters. The smallest absolute Gasteiger partial charge is 0.354 e. The van der Waals surface area contributed by atoms with Crippen molar-refractivity contribution in [2.45, 2.75) is 13.3 Å². The standard InChI is InChI=1S/C15H11N3O2/c1-2-9-13-10-5-8(6-16)3-4-11(10)18-12(13)7-17-14(9)15(19)20/h3-5,7,18H,2H2,1H3,(H,19,20). The average molecular weight is 265 g/mol. The molecule has 0 saturated carbocycles. The number of aromatic nitrogens is 2. The molecule has 1 aromatic carbocycles. The molecular formula is C15H11N3O2. The van der Waals surface area contributed by atoms with Crippen LogP contribution in [0.4, 0.5) is 0 Å². The lowest BCUT2D eigenvalue weighted by Crippen LogP contribution is -2.05. The van der Waals surface area contributed by atoms with Gasteiger partial charge in [-0.25, -0.2) is 9.78 Å². The molecule has 20 heavy (non-hydrogen) atoms. The fourth-order valence-electron chi connectivity index (χ4n) is 2.56. The number of aromatic amines is 1. The van der Waals surface area contributed by atoms with Crippen molar-refractivity contribution < 1.29 is 9.90 Å². The first-order valence-corrected chi connectivity index (χ1v) is 6.22. The Labute approximate surface area is 114 Å². The van der Waals surface area contributed by atoms with Gasteiger partial charge in [0, 0.05) is 16.3 Å². The molecule has 0 aliphatic rings. The molecule has 2 N–H and O–H groups in total. The second kappa shape index (κ2) is 4.35. The zero-order chi connectivity index (χ0) is 14.3. The minimum atomic E-state index is -1.03. The molecule has 98 valence electrons. The molecule has 3 aromatic rings. The van der Waals surface area contributed by atoms with Crippen molar-refractivity contribution >= 4 is 27.8 Å². The molecule has 0 bridgehead atoms. The summed E-state index contributed by atoms with van der Waals surface area (Å²) in [6.07, 6.45) is 2.10. The minimum Gasteiger partial charge on any atom is -0.477 e. The number of H-pyrrole nitrogens is 1. The van der Waals surface area contributed by atoms with Crippen LogP contribution >= 0.6 is 0 Å². The maximum atomic E-state index is 11.3. The van der Waals surface area contributed by atoms with E-state index in [0.29, 0.717) is 17.5 Å². The van der Waals surface area contributed by atoms with Crippen molar-refractivity contribution in [2.75, 3.05) is 0 Å². The van der Waals surface area contributed by atoms with E-state index in [1.54, 1.807) is 12.1 Å². The number of aromatic carboxylic acids is 1. The highest BCUT2D eigenvalue weighted by Crippen LogP contribution is 2.30. The third kappa shape index (κ3) is 1.62. The summed E-state index contributed by atoms with van der Waals surface area (Å²) in [5, 5.41) is 20.0. The Bertz CT molecular complexity index is 887. The molecule has 0 spiro atoms. The molecular weight excluding hydrogens is 254 g/mol. The van der Waals surface area contributed by atoms with E-state index in [4.69, 9.17) is 5.26 Å². The van der Waals surface area contributed by atoms with Gasteiger partial charge in [0.05, 0.1) is 23.3 Å². The first kappa shape index (κ1) is 12.2. The second-order valence-electron chi connectivity index (χ2n) is 4.53. The third-order valence-corrected chi connectivity index (χ3v) is 3.42. The highest BCUT2D eigenvalue weighted by Gasteiger charge is 2.17. The fourth-order valence-corrected chi connectivity index (χ4v) is 2.56. The van der Waals surface area contributed by atoms with Crippen molar-refractivity contribution in [2.24, 2.45) is 0 Å². The van der Waals surface area contributed by atoms with Crippen LogP contribution in [0.15, 0.2) is 24.4 Å². The van der Waals surface area contributed by atoms with Gasteiger partial charge in [0.2, 0.25) is 0 Å². The summed E-state index contributed by atoms with van der Waals surface area (Å²) in [6, 6.07) is 7.44. The van der Waals surface area contributed by atoms with Crippen molar-refractivity contribution in [3.63, 3.8) is 0 Å². The lowest BCUT2D eigenvalue weighted by molar-refractivity contribution is 0.0689. The Kier molecular flexibility index (Phi) is 2.65. The van der Waals surface area contributed by atoms with Crippen LogP contribution in [0.3, 0.4) is 0 Å². The lowest BCUT2D eigenvalue weighted by Gasteiger charge is -2.04. The van der Waals surface area contributed by atoms with Crippen molar-refractivity contribution in [1.29, 1.82) is 5.26 Å². The first-order chi connectivity index (χ1) is 9.65. The normalized spacial score (nSPS) is 10.8. The molecule has 5 nitrogen and oxygen atoms in total. The number of nitrogens with one attached hydrogen (secondary N) is 1. The molecule has 5 heteroatoms. The van der Waals surface area contributed by atoms with E-state index < -0.39 is 5.97 Å². The van der Waals surface area contributed by atoms with Crippen LogP contribution < -0.4 is 0 Å². The third-order valence-electron chi connectivity index (χ3n) is 3.42. The van der Waals surface area contributed by atoms with Crippen LogP contribution in [0.25, 0.3) is 21.8 Å². The van der Waals surface area contributed by atoms with Gasteiger partial charge in [0.25, 0.3) is 0 Å². The molecule has 0 saturated heterocycles. The number of carboxylic acids is 1. The van der Waals surface area contributed by atoms with E-state index in [2.05, 4.69) is 16.0 Å². The van der Waals surface area contributed by atoms with Gasteiger partial charge in [0.1, 0.15) is 0 Å². The van der Waals surface area contributed by atoms with E-state index in [-0.39, 0.29) is 5.69 Å². The number of hydrogen-bond acceptors (Lipinski definition) is 3. The number of carbonyl (C=O) groups is 1. The van der Waals surface area contributed by atoms with E-state index >= 15 is 0 Å². The summed E-state index contributed by atoms with van der Waals surface area (Å²) in [4.78, 5) is 18.5. The van der Waals surface area contributed by atoms with Gasteiger partial charge in [-0.15, -0.1) is 0 Å². The second-order valence-corrected chi connectivity index (χ2v) is 4.53. The summed E-state index contributed by atoms with van der Waals surface area (Å²) in [5.74, 6) is -1.03. The number of carboxylic acid groups (broad SMARTS) is 1. The summed E-state index contributed by atoms with van der Waals surface area (Å²) in [5.41, 5.74) is 2.98. The van der Waals surface area contributed by atoms with Crippen LogP contribution in [0.1, 0.15) is 28.5 Å². The Balaban J connectivity index is 2.50. The Morgan fingerprint density at radius 1 is 1.45 bits per heavy atom. The summed E-state index contributed by atoms with van der Waals surface area (Å²) in [7, 11) is 0. The number of pyridine rings is 1. The van der Waals surface area contributed by atoms with Crippen LogP contribution in [0, 0.1) is 11.3 Å². The Hall–Kier alpha value is -2.87. The van der Waals surface area contributed by atoms with Crippen molar-refractivity contribution in [1.82, 2.24) is 9.97 Å². The quantitative estimate of drug-likeness (QED) is 0.745. The molecule has 0 unspecified atom stereocenters. The number of nitriles is 1. The molecule has 3 rings (SSSR count). The molecule has 0 radical (unpaired) electrons. The van der Waals surface area contributed by atoms with Crippen LogP contribution in [-0.4, -0.2) is 21.0 Å². The van der Waals surface area contributed by atoms with Gasteiger partial charge < -0.3 is 10.1 Å². The summed E-state index contributed by atoms with van der Waals surface area (Å²) < 4.78 is 0. The zero-order valence-corrected chi connectivity index (χ0v) is 10.8. The van der Waals surface area contributed by atoms with E-state index in [9.17, 15) is 9.90 Å². The lowest BCUT2D eigenvalue weighted by atomic mass is 10.0. The number of nitrogens with zero attached hydrogens (tertiary/aromatic N) is 2. The molecule has 0 aliphatic carbocycles. The zero-order valence-electron chi connectivity index (χ0n) is 10.8. The van der Waals surface area contributed by atoms with Gasteiger partial charge in [-0.05, 0) is 30.2 Å².